The largest absolute Gasteiger partial charge is 0.392 e. The van der Waals surface area contributed by atoms with Gasteiger partial charge in [0.15, 0.2) is 0 Å². The van der Waals surface area contributed by atoms with E-state index in [9.17, 15) is 13.5 Å². The minimum atomic E-state index is -3.60. The summed E-state index contributed by atoms with van der Waals surface area (Å²) in [4.78, 5) is 0.189. The molecule has 2 unspecified atom stereocenters. The predicted molar refractivity (Wildman–Crippen MR) is 80.5 cm³/mol. The Morgan fingerprint density at radius 3 is 2.76 bits per heavy atom. The number of aliphatic hydroxyl groups is 1. The zero-order valence-electron chi connectivity index (χ0n) is 12.5. The Bertz CT molecular complexity index is 579. The Hall–Kier alpha value is -0.950. The maximum Gasteiger partial charge on any atom is 0.240 e. The molecule has 0 bridgehead atoms. The van der Waals surface area contributed by atoms with Gasteiger partial charge in [0.05, 0.1) is 17.6 Å². The van der Waals surface area contributed by atoms with E-state index in [2.05, 4.69) is 4.72 Å². The highest BCUT2D eigenvalue weighted by molar-refractivity contribution is 7.89. The highest BCUT2D eigenvalue weighted by Gasteiger charge is 2.27. The molecule has 1 heterocycles. The van der Waals surface area contributed by atoms with Crippen LogP contribution in [0.2, 0.25) is 0 Å². The van der Waals surface area contributed by atoms with E-state index in [1.807, 2.05) is 13.8 Å². The number of hydrogen-bond acceptors (Lipinski definition) is 4. The molecule has 2 N–H and O–H groups in total. The Morgan fingerprint density at radius 2 is 2.19 bits per heavy atom. The second-order valence-corrected chi connectivity index (χ2v) is 7.12. The minimum absolute atomic E-state index is 0.0630. The van der Waals surface area contributed by atoms with Crippen molar-refractivity contribution in [3.63, 3.8) is 0 Å². The lowest BCUT2D eigenvalue weighted by Crippen LogP contribution is -2.40. The van der Waals surface area contributed by atoms with E-state index in [0.717, 1.165) is 24.8 Å². The van der Waals surface area contributed by atoms with Crippen molar-refractivity contribution in [3.8, 4) is 0 Å². The van der Waals surface area contributed by atoms with Crippen LogP contribution in [-0.2, 0) is 27.8 Å². The third-order valence-electron chi connectivity index (χ3n) is 3.90. The fourth-order valence-corrected chi connectivity index (χ4v) is 3.97. The van der Waals surface area contributed by atoms with Crippen LogP contribution in [0.1, 0.15) is 37.8 Å². The van der Waals surface area contributed by atoms with Crippen molar-refractivity contribution in [1.29, 1.82) is 0 Å². The standard InChI is InChI=1S/C15H23NO4S/c1-3-12-6-7-14(9-13(12)10-17)21(18,19)16-11(2)15-5-4-8-20-15/h6-7,9,11,15-17H,3-5,8,10H2,1-2H3. The maximum atomic E-state index is 12.4. The number of aliphatic hydroxyl groups excluding tert-OH is 1. The van der Waals surface area contributed by atoms with E-state index in [4.69, 9.17) is 4.74 Å². The number of rotatable bonds is 6. The van der Waals surface area contributed by atoms with E-state index in [-0.39, 0.29) is 23.6 Å². The van der Waals surface area contributed by atoms with Crippen molar-refractivity contribution in [2.24, 2.45) is 0 Å². The number of benzene rings is 1. The van der Waals surface area contributed by atoms with Gasteiger partial charge in [0, 0.05) is 12.6 Å². The second kappa shape index (κ2) is 6.87. The molecule has 0 aliphatic carbocycles. The van der Waals surface area contributed by atoms with Gasteiger partial charge in [-0.2, -0.15) is 0 Å². The van der Waals surface area contributed by atoms with Crippen molar-refractivity contribution < 1.29 is 18.3 Å². The van der Waals surface area contributed by atoms with Crippen molar-refractivity contribution in [2.45, 2.75) is 56.8 Å². The Morgan fingerprint density at radius 1 is 1.43 bits per heavy atom. The molecule has 1 aliphatic heterocycles. The third-order valence-corrected chi connectivity index (χ3v) is 5.46. The van der Waals surface area contributed by atoms with Crippen LogP contribution in [0.3, 0.4) is 0 Å². The molecular formula is C15H23NO4S. The first-order chi connectivity index (χ1) is 9.97. The summed E-state index contributed by atoms with van der Waals surface area (Å²) in [6.45, 7) is 4.33. The zero-order chi connectivity index (χ0) is 15.5. The van der Waals surface area contributed by atoms with E-state index in [1.165, 1.54) is 0 Å². The monoisotopic (exact) mass is 313 g/mol. The van der Waals surface area contributed by atoms with Gasteiger partial charge in [0.2, 0.25) is 10.0 Å². The molecule has 0 saturated carbocycles. The van der Waals surface area contributed by atoms with Crippen LogP contribution in [0, 0.1) is 0 Å². The molecule has 2 atom stereocenters. The van der Waals surface area contributed by atoms with Gasteiger partial charge >= 0.3 is 0 Å². The van der Waals surface area contributed by atoms with Gasteiger partial charge in [-0.05, 0) is 49.4 Å². The average molecular weight is 313 g/mol. The maximum absolute atomic E-state index is 12.4. The first-order valence-electron chi connectivity index (χ1n) is 7.34. The van der Waals surface area contributed by atoms with Crippen molar-refractivity contribution >= 4 is 10.0 Å². The number of sulfonamides is 1. The summed E-state index contributed by atoms with van der Waals surface area (Å²) in [6, 6.07) is 4.63. The SMILES string of the molecule is CCc1ccc(S(=O)(=O)NC(C)C2CCCO2)cc1CO. The van der Waals surface area contributed by atoms with Crippen LogP contribution in [-0.4, -0.2) is 32.3 Å². The van der Waals surface area contributed by atoms with Gasteiger partial charge in [-0.1, -0.05) is 13.0 Å². The predicted octanol–water partition coefficient (Wildman–Crippen LogP) is 1.59. The van der Waals surface area contributed by atoms with Crippen LogP contribution in [0.4, 0.5) is 0 Å². The molecule has 1 aliphatic rings. The van der Waals surface area contributed by atoms with Crippen LogP contribution in [0.25, 0.3) is 0 Å². The van der Waals surface area contributed by atoms with Gasteiger partial charge in [-0.3, -0.25) is 0 Å². The minimum Gasteiger partial charge on any atom is -0.392 e. The summed E-state index contributed by atoms with van der Waals surface area (Å²) < 4.78 is 33.0. The van der Waals surface area contributed by atoms with Gasteiger partial charge < -0.3 is 9.84 Å². The second-order valence-electron chi connectivity index (χ2n) is 5.40. The smallest absolute Gasteiger partial charge is 0.240 e. The summed E-state index contributed by atoms with van der Waals surface area (Å²) in [5.41, 5.74) is 1.62. The molecule has 1 saturated heterocycles. The molecule has 1 aromatic carbocycles. The Labute approximate surface area is 126 Å². The zero-order valence-corrected chi connectivity index (χ0v) is 13.3. The first-order valence-corrected chi connectivity index (χ1v) is 8.83. The fraction of sp³-hybridized carbons (Fsp3) is 0.600. The van der Waals surface area contributed by atoms with Gasteiger partial charge in [-0.25, -0.2) is 13.1 Å². The summed E-state index contributed by atoms with van der Waals surface area (Å²) >= 11 is 0. The molecular weight excluding hydrogens is 290 g/mol. The van der Waals surface area contributed by atoms with Crippen molar-refractivity contribution in [2.75, 3.05) is 6.61 Å². The highest BCUT2D eigenvalue weighted by Crippen LogP contribution is 2.20. The lowest BCUT2D eigenvalue weighted by Gasteiger charge is -2.20. The molecule has 0 spiro atoms. The van der Waals surface area contributed by atoms with Gasteiger partial charge in [0.25, 0.3) is 0 Å². The number of ether oxygens (including phenoxy) is 1. The van der Waals surface area contributed by atoms with E-state index >= 15 is 0 Å². The van der Waals surface area contributed by atoms with Gasteiger partial charge in [-0.15, -0.1) is 0 Å². The molecule has 118 valence electrons. The van der Waals surface area contributed by atoms with Crippen molar-refractivity contribution in [3.05, 3.63) is 29.3 Å². The quantitative estimate of drug-likeness (QED) is 0.836. The molecule has 1 fully saturated rings. The Balaban J connectivity index is 2.18. The number of nitrogens with one attached hydrogen (secondary N) is 1. The first kappa shape index (κ1) is 16.4. The average Bonchev–Trinajstić information content (AvgIpc) is 3.00. The lowest BCUT2D eigenvalue weighted by atomic mass is 10.1. The molecule has 0 amide bonds. The topological polar surface area (TPSA) is 75.6 Å². The van der Waals surface area contributed by atoms with Crippen LogP contribution in [0.15, 0.2) is 23.1 Å². The van der Waals surface area contributed by atoms with Gasteiger partial charge in [0.1, 0.15) is 0 Å². The van der Waals surface area contributed by atoms with Crippen molar-refractivity contribution in [1.82, 2.24) is 4.72 Å². The van der Waals surface area contributed by atoms with Crippen LogP contribution in [0.5, 0.6) is 0 Å². The molecule has 1 aromatic rings. The fourth-order valence-electron chi connectivity index (χ4n) is 2.65. The molecule has 0 radical (unpaired) electrons. The third kappa shape index (κ3) is 3.83. The van der Waals surface area contributed by atoms with E-state index < -0.39 is 10.0 Å². The van der Waals surface area contributed by atoms with Crippen LogP contribution >= 0.6 is 0 Å². The Kier molecular flexibility index (Phi) is 5.37. The highest BCUT2D eigenvalue weighted by atomic mass is 32.2. The molecule has 21 heavy (non-hydrogen) atoms. The summed E-state index contributed by atoms with van der Waals surface area (Å²) in [6.07, 6.45) is 2.54. The van der Waals surface area contributed by atoms with Crippen LogP contribution < -0.4 is 4.72 Å². The van der Waals surface area contributed by atoms with E-state index in [1.54, 1.807) is 18.2 Å². The summed E-state index contributed by atoms with van der Waals surface area (Å²) in [5.74, 6) is 0. The normalized spacial score (nSPS) is 20.6. The lowest BCUT2D eigenvalue weighted by molar-refractivity contribution is 0.0902. The molecule has 6 heteroatoms. The molecule has 0 aromatic heterocycles. The number of hydrogen-bond donors (Lipinski definition) is 2. The summed E-state index contributed by atoms with van der Waals surface area (Å²) in [5, 5.41) is 9.36. The molecule has 2 rings (SSSR count). The number of aryl methyl sites for hydroxylation is 1. The molecule has 5 nitrogen and oxygen atoms in total. The van der Waals surface area contributed by atoms with E-state index in [0.29, 0.717) is 12.2 Å². The summed E-state index contributed by atoms with van der Waals surface area (Å²) in [7, 11) is -3.60.